The van der Waals surface area contributed by atoms with E-state index < -0.39 is 17.1 Å². The van der Waals surface area contributed by atoms with Crippen LogP contribution >= 0.6 is 11.8 Å². The second-order valence-electron chi connectivity index (χ2n) is 5.51. The van der Waals surface area contributed by atoms with Gasteiger partial charge in [0.05, 0.1) is 11.5 Å². The molecule has 1 aliphatic rings. The van der Waals surface area contributed by atoms with Crippen molar-refractivity contribution >= 4 is 35.0 Å². The lowest BCUT2D eigenvalue weighted by Gasteiger charge is -2.11. The monoisotopic (exact) mass is 375 g/mol. The number of thioether (sulfide) groups is 1. The summed E-state index contributed by atoms with van der Waals surface area (Å²) in [4.78, 5) is 37.3. The van der Waals surface area contributed by atoms with Gasteiger partial charge in [0.15, 0.2) is 0 Å². The summed E-state index contributed by atoms with van der Waals surface area (Å²) in [5.41, 5.74) is 0.756. The van der Waals surface area contributed by atoms with Gasteiger partial charge in [0.25, 0.3) is 11.1 Å². The molecule has 0 N–H and O–H groups in total. The molecule has 1 aromatic rings. The van der Waals surface area contributed by atoms with Crippen LogP contribution in [0.2, 0.25) is 0 Å². The molecule has 0 radical (unpaired) electrons. The Balaban J connectivity index is 1.99. The molecular formula is C19H21NO5S. The highest BCUT2D eigenvalue weighted by atomic mass is 32.2. The van der Waals surface area contributed by atoms with E-state index in [4.69, 9.17) is 9.47 Å². The van der Waals surface area contributed by atoms with E-state index in [0.29, 0.717) is 19.0 Å². The van der Waals surface area contributed by atoms with Crippen molar-refractivity contribution in [3.8, 4) is 5.75 Å². The fourth-order valence-electron chi connectivity index (χ4n) is 2.11. The van der Waals surface area contributed by atoms with E-state index in [9.17, 15) is 14.4 Å². The minimum Gasteiger partial charge on any atom is -0.490 e. The summed E-state index contributed by atoms with van der Waals surface area (Å²) in [6.07, 6.45) is 4.91. The average molecular weight is 375 g/mol. The van der Waals surface area contributed by atoms with E-state index in [1.165, 1.54) is 0 Å². The number of hydrogen-bond donors (Lipinski definition) is 0. The summed E-state index contributed by atoms with van der Waals surface area (Å²) < 4.78 is 10.4. The lowest BCUT2D eigenvalue weighted by atomic mass is 10.2. The molecule has 26 heavy (non-hydrogen) atoms. The molecule has 7 heteroatoms. The molecule has 1 aliphatic heterocycles. The number of carbonyl (C=O) groups is 3. The van der Waals surface area contributed by atoms with Gasteiger partial charge in [0.1, 0.15) is 18.9 Å². The summed E-state index contributed by atoms with van der Waals surface area (Å²) in [5, 5.41) is -0.473. The third-order valence-corrected chi connectivity index (χ3v) is 4.37. The maximum absolute atomic E-state index is 12.4. The average Bonchev–Trinajstić information content (AvgIpc) is 2.89. The van der Waals surface area contributed by atoms with Crippen molar-refractivity contribution in [2.45, 2.75) is 19.8 Å². The molecule has 6 nitrogen and oxygen atoms in total. The predicted molar refractivity (Wildman–Crippen MR) is 101 cm³/mol. The third-order valence-electron chi connectivity index (χ3n) is 3.47. The van der Waals surface area contributed by atoms with Crippen molar-refractivity contribution in [3.05, 3.63) is 47.4 Å². The molecule has 0 unspecified atom stereocenters. The lowest BCUT2D eigenvalue weighted by Crippen LogP contribution is -2.34. The molecule has 0 aliphatic carbocycles. The van der Waals surface area contributed by atoms with Crippen LogP contribution in [0.15, 0.2) is 41.8 Å². The lowest BCUT2D eigenvalue weighted by molar-refractivity contribution is -0.146. The van der Waals surface area contributed by atoms with Gasteiger partial charge in [0.2, 0.25) is 0 Å². The van der Waals surface area contributed by atoms with E-state index in [1.807, 2.05) is 6.92 Å². The van der Waals surface area contributed by atoms with Crippen LogP contribution in [-0.2, 0) is 14.3 Å². The number of nitrogens with zero attached hydrogens (tertiary/aromatic N) is 1. The third kappa shape index (κ3) is 5.49. The van der Waals surface area contributed by atoms with Crippen LogP contribution in [0.3, 0.4) is 0 Å². The van der Waals surface area contributed by atoms with Crippen LogP contribution in [0.25, 0.3) is 6.08 Å². The fraction of sp³-hybridized carbons (Fsp3) is 0.316. The van der Waals surface area contributed by atoms with E-state index >= 15 is 0 Å². The number of benzene rings is 1. The van der Waals surface area contributed by atoms with Gasteiger partial charge in [0, 0.05) is 0 Å². The van der Waals surface area contributed by atoms with E-state index in [0.717, 1.165) is 35.1 Å². The van der Waals surface area contributed by atoms with E-state index in [2.05, 4.69) is 6.58 Å². The minimum atomic E-state index is -0.578. The molecule has 1 saturated heterocycles. The zero-order valence-electron chi connectivity index (χ0n) is 14.6. The maximum atomic E-state index is 12.4. The molecule has 0 atom stereocenters. The highest BCUT2D eigenvalue weighted by molar-refractivity contribution is 8.18. The number of amides is 2. The van der Waals surface area contributed by atoms with Gasteiger partial charge < -0.3 is 9.47 Å². The number of carbonyl (C=O) groups excluding carboxylic acids is 3. The van der Waals surface area contributed by atoms with Crippen LogP contribution < -0.4 is 4.74 Å². The number of hydrogen-bond acceptors (Lipinski definition) is 6. The first-order valence-electron chi connectivity index (χ1n) is 8.30. The summed E-state index contributed by atoms with van der Waals surface area (Å²) in [6, 6.07) is 7.10. The molecule has 0 saturated carbocycles. The summed E-state index contributed by atoms with van der Waals surface area (Å²) in [6.45, 7) is 5.90. The Kier molecular flexibility index (Phi) is 7.47. The summed E-state index contributed by atoms with van der Waals surface area (Å²) in [7, 11) is 0. The van der Waals surface area contributed by atoms with Crippen LogP contribution in [0.1, 0.15) is 25.3 Å². The summed E-state index contributed by atoms with van der Waals surface area (Å²) >= 11 is 0.811. The molecular weight excluding hydrogens is 354 g/mol. The first-order valence-corrected chi connectivity index (χ1v) is 9.11. The zero-order chi connectivity index (χ0) is 18.9. The topological polar surface area (TPSA) is 72.9 Å². The molecule has 1 aromatic carbocycles. The van der Waals surface area contributed by atoms with Gasteiger partial charge >= 0.3 is 5.97 Å². The van der Waals surface area contributed by atoms with Crippen LogP contribution in [-0.4, -0.2) is 41.8 Å². The molecule has 1 fully saturated rings. The Bertz CT molecular complexity index is 711. The molecule has 0 bridgehead atoms. The van der Waals surface area contributed by atoms with Crippen LogP contribution in [0.4, 0.5) is 4.79 Å². The van der Waals surface area contributed by atoms with Crippen molar-refractivity contribution < 1.29 is 23.9 Å². The number of unbranched alkanes of at least 4 members (excludes halogenated alkanes) is 1. The Morgan fingerprint density at radius 3 is 2.65 bits per heavy atom. The molecule has 0 aromatic heterocycles. The summed E-state index contributed by atoms with van der Waals surface area (Å²) in [5.74, 6) is -0.380. The number of rotatable bonds is 9. The standard InChI is InChI=1S/C19H21NO5S/c1-3-5-11-25-17(21)13-20-18(22)16(26-19(20)23)12-14-6-8-15(9-7-14)24-10-4-2/h4,6-9,12H,2-3,5,10-11,13H2,1H3/b16-12+. The van der Waals surface area contributed by atoms with Crippen molar-refractivity contribution in [1.82, 2.24) is 4.90 Å². The van der Waals surface area contributed by atoms with E-state index in [-0.39, 0.29) is 11.4 Å². The van der Waals surface area contributed by atoms with Gasteiger partial charge in [-0.2, -0.15) is 0 Å². The molecule has 0 spiro atoms. The Morgan fingerprint density at radius 2 is 2.00 bits per heavy atom. The first kappa shape index (κ1) is 19.8. The number of ether oxygens (including phenoxy) is 2. The van der Waals surface area contributed by atoms with Crippen LogP contribution in [0.5, 0.6) is 5.75 Å². The quantitative estimate of drug-likeness (QED) is 0.284. The van der Waals surface area contributed by atoms with Gasteiger partial charge in [-0.1, -0.05) is 38.1 Å². The first-order chi connectivity index (χ1) is 12.5. The van der Waals surface area contributed by atoms with Crippen molar-refractivity contribution in [3.63, 3.8) is 0 Å². The highest BCUT2D eigenvalue weighted by Crippen LogP contribution is 2.32. The predicted octanol–water partition coefficient (Wildman–Crippen LogP) is 3.63. The normalized spacial score (nSPS) is 15.4. The SMILES string of the molecule is C=CCOc1ccc(/C=C2/SC(=O)N(CC(=O)OCCCC)C2=O)cc1. The largest absolute Gasteiger partial charge is 0.490 e. The Labute approximate surface area is 156 Å². The molecule has 2 amide bonds. The van der Waals surface area contributed by atoms with Crippen molar-refractivity contribution in [1.29, 1.82) is 0 Å². The van der Waals surface area contributed by atoms with Gasteiger partial charge in [-0.25, -0.2) is 0 Å². The highest BCUT2D eigenvalue weighted by Gasteiger charge is 2.36. The second-order valence-corrected chi connectivity index (χ2v) is 6.50. The van der Waals surface area contributed by atoms with Gasteiger partial charge in [-0.05, 0) is 42.0 Å². The van der Waals surface area contributed by atoms with E-state index in [1.54, 1.807) is 36.4 Å². The second kappa shape index (κ2) is 9.82. The molecule has 1 heterocycles. The molecule has 138 valence electrons. The maximum Gasteiger partial charge on any atom is 0.326 e. The Morgan fingerprint density at radius 1 is 1.27 bits per heavy atom. The molecule has 2 rings (SSSR count). The number of esters is 1. The zero-order valence-corrected chi connectivity index (χ0v) is 15.4. The van der Waals surface area contributed by atoms with Crippen molar-refractivity contribution in [2.75, 3.05) is 19.8 Å². The van der Waals surface area contributed by atoms with Gasteiger partial charge in [-0.3, -0.25) is 19.3 Å². The fourth-order valence-corrected chi connectivity index (χ4v) is 2.95. The smallest absolute Gasteiger partial charge is 0.326 e. The van der Waals surface area contributed by atoms with Gasteiger partial charge in [-0.15, -0.1) is 0 Å². The van der Waals surface area contributed by atoms with Crippen molar-refractivity contribution in [2.24, 2.45) is 0 Å². The van der Waals surface area contributed by atoms with Crippen LogP contribution in [0, 0.1) is 0 Å². The Hall–Kier alpha value is -2.54. The minimum absolute atomic E-state index is 0.274. The number of imide groups is 1.